The van der Waals surface area contributed by atoms with Crippen LogP contribution in [0.15, 0.2) is 47.5 Å². The molecular formula is C19H19FN2O3S. The van der Waals surface area contributed by atoms with Crippen molar-refractivity contribution in [2.75, 3.05) is 20.3 Å². The lowest BCUT2D eigenvalue weighted by molar-refractivity contribution is 0.0996. The predicted octanol–water partition coefficient (Wildman–Crippen LogP) is 3.63. The van der Waals surface area contributed by atoms with Crippen LogP contribution in [-0.4, -0.2) is 30.8 Å². The number of nitrogens with zero attached hydrogens (tertiary/aromatic N) is 2. The summed E-state index contributed by atoms with van der Waals surface area (Å²) in [5.74, 6) is -0.000698. The molecule has 0 spiro atoms. The first-order chi connectivity index (χ1) is 12.6. The van der Waals surface area contributed by atoms with Gasteiger partial charge >= 0.3 is 0 Å². The molecule has 136 valence electrons. The molecule has 26 heavy (non-hydrogen) atoms. The van der Waals surface area contributed by atoms with Gasteiger partial charge in [-0.2, -0.15) is 4.99 Å². The third-order valence-electron chi connectivity index (χ3n) is 3.84. The largest absolute Gasteiger partial charge is 0.497 e. The van der Waals surface area contributed by atoms with Crippen LogP contribution in [0.2, 0.25) is 0 Å². The fraction of sp³-hybridized carbons (Fsp3) is 0.263. The van der Waals surface area contributed by atoms with E-state index < -0.39 is 0 Å². The third kappa shape index (κ3) is 4.00. The number of carbonyl (C=O) groups is 1. The summed E-state index contributed by atoms with van der Waals surface area (Å²) >= 11 is 1.28. The third-order valence-corrected chi connectivity index (χ3v) is 4.88. The standard InChI is InChI=1S/C19H19FN2O3S/c1-3-25-11-10-22-16-9-6-14(20)12-17(16)26-19(22)21-18(23)13-4-7-15(24-2)8-5-13/h4-9,12H,3,10-11H2,1-2H3. The summed E-state index contributed by atoms with van der Waals surface area (Å²) in [5, 5.41) is 0. The fourth-order valence-corrected chi connectivity index (χ4v) is 3.61. The number of carbonyl (C=O) groups excluding carboxylic acids is 1. The van der Waals surface area contributed by atoms with E-state index >= 15 is 0 Å². The topological polar surface area (TPSA) is 52.8 Å². The van der Waals surface area contributed by atoms with Crippen molar-refractivity contribution in [3.8, 4) is 5.75 Å². The molecule has 7 heteroatoms. The predicted molar refractivity (Wildman–Crippen MR) is 99.2 cm³/mol. The number of benzene rings is 2. The number of ether oxygens (including phenoxy) is 2. The Morgan fingerprint density at radius 3 is 2.69 bits per heavy atom. The quantitative estimate of drug-likeness (QED) is 0.619. The molecule has 0 saturated heterocycles. The van der Waals surface area contributed by atoms with Crippen molar-refractivity contribution >= 4 is 27.5 Å². The molecule has 3 aromatic rings. The lowest BCUT2D eigenvalue weighted by Crippen LogP contribution is -2.19. The lowest BCUT2D eigenvalue weighted by atomic mass is 10.2. The number of amides is 1. The van der Waals surface area contributed by atoms with E-state index in [1.165, 1.54) is 23.5 Å². The van der Waals surface area contributed by atoms with Gasteiger partial charge in [0.15, 0.2) is 4.80 Å². The van der Waals surface area contributed by atoms with Crippen LogP contribution in [0.25, 0.3) is 10.2 Å². The highest BCUT2D eigenvalue weighted by Gasteiger charge is 2.10. The Morgan fingerprint density at radius 2 is 2.00 bits per heavy atom. The number of aromatic nitrogens is 1. The number of hydrogen-bond acceptors (Lipinski definition) is 4. The first kappa shape index (κ1) is 18.3. The SMILES string of the molecule is CCOCCn1c(=NC(=O)c2ccc(OC)cc2)sc2cc(F)ccc21. The van der Waals surface area contributed by atoms with Crippen LogP contribution in [-0.2, 0) is 11.3 Å². The Bertz CT molecular complexity index is 977. The Hall–Kier alpha value is -2.51. The molecule has 2 aromatic carbocycles. The van der Waals surface area contributed by atoms with Gasteiger partial charge in [-0.05, 0) is 49.4 Å². The van der Waals surface area contributed by atoms with E-state index in [1.807, 2.05) is 11.5 Å². The maximum atomic E-state index is 13.5. The van der Waals surface area contributed by atoms with Gasteiger partial charge in [0.1, 0.15) is 11.6 Å². The van der Waals surface area contributed by atoms with Crippen LogP contribution in [0.4, 0.5) is 4.39 Å². The maximum absolute atomic E-state index is 13.5. The van der Waals surface area contributed by atoms with E-state index in [9.17, 15) is 9.18 Å². The highest BCUT2D eigenvalue weighted by Crippen LogP contribution is 2.19. The van der Waals surface area contributed by atoms with E-state index in [0.29, 0.717) is 35.9 Å². The summed E-state index contributed by atoms with van der Waals surface area (Å²) < 4.78 is 26.7. The molecular weight excluding hydrogens is 355 g/mol. The van der Waals surface area contributed by atoms with Gasteiger partial charge in [0.2, 0.25) is 0 Å². The first-order valence-corrected chi connectivity index (χ1v) is 9.03. The summed E-state index contributed by atoms with van der Waals surface area (Å²) in [6.45, 7) is 3.55. The summed E-state index contributed by atoms with van der Waals surface area (Å²) in [5.41, 5.74) is 1.29. The molecule has 1 aromatic heterocycles. The Labute approximate surface area is 154 Å². The van der Waals surface area contributed by atoms with Crippen LogP contribution < -0.4 is 9.54 Å². The Kier molecular flexibility index (Phi) is 5.80. The van der Waals surface area contributed by atoms with Crippen molar-refractivity contribution in [1.29, 1.82) is 0 Å². The molecule has 0 radical (unpaired) electrons. The van der Waals surface area contributed by atoms with Crippen molar-refractivity contribution < 1.29 is 18.7 Å². The highest BCUT2D eigenvalue weighted by atomic mass is 32.1. The molecule has 0 bridgehead atoms. The number of rotatable bonds is 6. The molecule has 0 aliphatic heterocycles. The zero-order valence-corrected chi connectivity index (χ0v) is 15.4. The molecule has 0 aliphatic carbocycles. The molecule has 0 aliphatic rings. The molecule has 0 unspecified atom stereocenters. The van der Waals surface area contributed by atoms with E-state index in [0.717, 1.165) is 10.2 Å². The number of halogens is 1. The average Bonchev–Trinajstić information content (AvgIpc) is 2.98. The second kappa shape index (κ2) is 8.25. The molecule has 0 N–H and O–H groups in total. The number of hydrogen-bond donors (Lipinski definition) is 0. The Balaban J connectivity index is 2.01. The summed E-state index contributed by atoms with van der Waals surface area (Å²) in [4.78, 5) is 17.3. The van der Waals surface area contributed by atoms with Crippen molar-refractivity contribution in [2.24, 2.45) is 4.99 Å². The van der Waals surface area contributed by atoms with Gasteiger partial charge in [0, 0.05) is 18.7 Å². The number of methoxy groups -OCH3 is 1. The van der Waals surface area contributed by atoms with Crippen molar-refractivity contribution in [3.05, 3.63) is 58.6 Å². The van der Waals surface area contributed by atoms with E-state index in [2.05, 4.69) is 4.99 Å². The second-order valence-electron chi connectivity index (χ2n) is 5.49. The Morgan fingerprint density at radius 1 is 1.23 bits per heavy atom. The van der Waals surface area contributed by atoms with Gasteiger partial charge in [-0.15, -0.1) is 0 Å². The van der Waals surface area contributed by atoms with Gasteiger partial charge in [0.25, 0.3) is 5.91 Å². The zero-order chi connectivity index (χ0) is 18.5. The van der Waals surface area contributed by atoms with Crippen molar-refractivity contribution in [2.45, 2.75) is 13.5 Å². The monoisotopic (exact) mass is 374 g/mol. The number of thiazole rings is 1. The highest BCUT2D eigenvalue weighted by molar-refractivity contribution is 7.16. The molecule has 1 heterocycles. The van der Waals surface area contributed by atoms with Crippen LogP contribution in [0.1, 0.15) is 17.3 Å². The molecule has 3 rings (SSSR count). The normalized spacial score (nSPS) is 11.9. The van der Waals surface area contributed by atoms with E-state index in [4.69, 9.17) is 9.47 Å². The second-order valence-corrected chi connectivity index (χ2v) is 6.50. The minimum atomic E-state index is -0.357. The van der Waals surface area contributed by atoms with E-state index in [1.54, 1.807) is 37.4 Å². The smallest absolute Gasteiger partial charge is 0.279 e. The van der Waals surface area contributed by atoms with Crippen LogP contribution in [0.3, 0.4) is 0 Å². The fourth-order valence-electron chi connectivity index (χ4n) is 2.53. The summed E-state index contributed by atoms with van der Waals surface area (Å²) in [6, 6.07) is 11.3. The van der Waals surface area contributed by atoms with Crippen molar-refractivity contribution in [1.82, 2.24) is 4.57 Å². The zero-order valence-electron chi connectivity index (χ0n) is 14.6. The molecule has 0 saturated carbocycles. The molecule has 1 amide bonds. The van der Waals surface area contributed by atoms with Gasteiger partial charge < -0.3 is 14.0 Å². The molecule has 5 nitrogen and oxygen atoms in total. The first-order valence-electron chi connectivity index (χ1n) is 8.22. The van der Waals surface area contributed by atoms with Crippen LogP contribution >= 0.6 is 11.3 Å². The summed E-state index contributed by atoms with van der Waals surface area (Å²) in [6.07, 6.45) is 0. The maximum Gasteiger partial charge on any atom is 0.279 e. The van der Waals surface area contributed by atoms with Gasteiger partial charge in [-0.25, -0.2) is 4.39 Å². The lowest BCUT2D eigenvalue weighted by Gasteiger charge is -2.05. The number of fused-ring (bicyclic) bond motifs is 1. The van der Waals surface area contributed by atoms with Gasteiger partial charge in [-0.1, -0.05) is 11.3 Å². The minimum absolute atomic E-state index is 0.316. The van der Waals surface area contributed by atoms with Gasteiger partial charge in [-0.3, -0.25) is 4.79 Å². The molecule has 0 atom stereocenters. The minimum Gasteiger partial charge on any atom is -0.497 e. The summed E-state index contributed by atoms with van der Waals surface area (Å²) in [7, 11) is 1.57. The van der Waals surface area contributed by atoms with Gasteiger partial charge in [0.05, 0.1) is 23.9 Å². The van der Waals surface area contributed by atoms with Crippen molar-refractivity contribution in [3.63, 3.8) is 0 Å². The van der Waals surface area contributed by atoms with Crippen LogP contribution in [0, 0.1) is 5.82 Å². The van der Waals surface area contributed by atoms with E-state index in [-0.39, 0.29) is 11.7 Å². The van der Waals surface area contributed by atoms with Crippen LogP contribution in [0.5, 0.6) is 5.75 Å². The average molecular weight is 374 g/mol. The molecule has 0 fully saturated rings.